The molecule has 2 aromatic rings. The zero-order valence-corrected chi connectivity index (χ0v) is 11.7. The van der Waals surface area contributed by atoms with Crippen LogP contribution in [0, 0.1) is 12.7 Å². The van der Waals surface area contributed by atoms with E-state index in [9.17, 15) is 9.18 Å². The Bertz CT molecular complexity index is 657. The Morgan fingerprint density at radius 2 is 2.10 bits per heavy atom. The van der Waals surface area contributed by atoms with Crippen LogP contribution in [0.1, 0.15) is 40.2 Å². The number of halogens is 1. The maximum atomic E-state index is 13.2. The van der Waals surface area contributed by atoms with E-state index in [1.165, 1.54) is 6.07 Å². The van der Waals surface area contributed by atoms with Gasteiger partial charge in [-0.15, -0.1) is 0 Å². The van der Waals surface area contributed by atoms with Crippen LogP contribution in [0.3, 0.4) is 0 Å². The highest BCUT2D eigenvalue weighted by Gasteiger charge is 2.22. The Labute approximate surface area is 118 Å². The quantitative estimate of drug-likeness (QED) is 0.834. The molecule has 1 heterocycles. The average molecular weight is 271 g/mol. The van der Waals surface area contributed by atoms with Crippen LogP contribution < -0.4 is 0 Å². The van der Waals surface area contributed by atoms with Gasteiger partial charge in [-0.25, -0.2) is 4.39 Å². The maximum Gasteiger partial charge on any atom is 0.164 e. The van der Waals surface area contributed by atoms with E-state index in [0.717, 1.165) is 48.3 Å². The molecule has 0 bridgehead atoms. The lowest BCUT2D eigenvalue weighted by Crippen LogP contribution is -2.14. The molecule has 0 N–H and O–H groups in total. The third-order valence-corrected chi connectivity index (χ3v) is 4.05. The summed E-state index contributed by atoms with van der Waals surface area (Å²) in [4.78, 5) is 11.9. The molecule has 0 saturated carbocycles. The minimum atomic E-state index is -0.191. The molecule has 0 amide bonds. The molecule has 0 radical (unpaired) electrons. The molecule has 0 spiro atoms. The van der Waals surface area contributed by atoms with Crippen LogP contribution in [-0.2, 0) is 19.4 Å². The fraction of sp³-hybridized carbons (Fsp3) is 0.353. The van der Waals surface area contributed by atoms with E-state index in [0.29, 0.717) is 6.42 Å². The number of aryl methyl sites for hydroxylation is 2. The first kappa shape index (κ1) is 13.1. The number of ketones is 1. The second-order valence-corrected chi connectivity index (χ2v) is 5.45. The Morgan fingerprint density at radius 3 is 2.90 bits per heavy atom. The number of carbonyl (C=O) groups is 1. The lowest BCUT2D eigenvalue weighted by Gasteiger charge is -2.16. The van der Waals surface area contributed by atoms with Crippen molar-refractivity contribution in [2.24, 2.45) is 0 Å². The number of nitrogens with zero attached hydrogens (tertiary/aromatic N) is 1. The van der Waals surface area contributed by atoms with Gasteiger partial charge in [0, 0.05) is 29.9 Å². The predicted octanol–water partition coefficient (Wildman–Crippen LogP) is 3.70. The Kier molecular flexibility index (Phi) is 3.43. The summed E-state index contributed by atoms with van der Waals surface area (Å²) in [7, 11) is 0. The molecule has 1 aliphatic rings. The van der Waals surface area contributed by atoms with Crippen molar-refractivity contribution < 1.29 is 9.18 Å². The highest BCUT2D eigenvalue weighted by molar-refractivity contribution is 5.98. The van der Waals surface area contributed by atoms with Crippen LogP contribution in [0.2, 0.25) is 0 Å². The zero-order chi connectivity index (χ0) is 14.1. The monoisotopic (exact) mass is 271 g/mol. The van der Waals surface area contributed by atoms with E-state index in [4.69, 9.17) is 0 Å². The lowest BCUT2D eigenvalue weighted by molar-refractivity contribution is 0.0972. The second-order valence-electron chi connectivity index (χ2n) is 5.45. The van der Waals surface area contributed by atoms with Gasteiger partial charge < -0.3 is 4.57 Å². The van der Waals surface area contributed by atoms with Crippen LogP contribution in [-0.4, -0.2) is 10.4 Å². The molecule has 20 heavy (non-hydrogen) atoms. The Morgan fingerprint density at radius 1 is 1.25 bits per heavy atom. The topological polar surface area (TPSA) is 22.0 Å². The standard InChI is InChI=1S/C17H18FNO/c1-12-10-15-16(6-3-7-17(15)20)19(12)9-8-13-4-2-5-14(18)11-13/h2,4-5,10-11H,3,6-9H2,1H3. The van der Waals surface area contributed by atoms with E-state index in [2.05, 4.69) is 4.57 Å². The van der Waals surface area contributed by atoms with Gasteiger partial charge in [0.25, 0.3) is 0 Å². The lowest BCUT2D eigenvalue weighted by atomic mass is 9.96. The number of hydrogen-bond acceptors (Lipinski definition) is 1. The van der Waals surface area contributed by atoms with Crippen LogP contribution in [0.15, 0.2) is 30.3 Å². The Hall–Kier alpha value is -1.90. The molecule has 0 atom stereocenters. The van der Waals surface area contributed by atoms with Gasteiger partial charge in [0.15, 0.2) is 5.78 Å². The summed E-state index contributed by atoms with van der Waals surface area (Å²) in [6, 6.07) is 8.73. The fourth-order valence-corrected chi connectivity index (χ4v) is 3.04. The number of hydrogen-bond donors (Lipinski definition) is 0. The Balaban J connectivity index is 1.83. The van der Waals surface area contributed by atoms with Gasteiger partial charge in [0.2, 0.25) is 0 Å². The molecule has 2 nitrogen and oxygen atoms in total. The van der Waals surface area contributed by atoms with Crippen LogP contribution in [0.5, 0.6) is 0 Å². The van der Waals surface area contributed by atoms with Gasteiger partial charge in [-0.3, -0.25) is 4.79 Å². The van der Waals surface area contributed by atoms with E-state index in [1.807, 2.05) is 19.1 Å². The maximum absolute atomic E-state index is 13.2. The summed E-state index contributed by atoms with van der Waals surface area (Å²) < 4.78 is 15.4. The molecule has 104 valence electrons. The van der Waals surface area contributed by atoms with Gasteiger partial charge in [0.1, 0.15) is 5.82 Å². The smallest absolute Gasteiger partial charge is 0.164 e. The molecular weight excluding hydrogens is 253 g/mol. The minimum absolute atomic E-state index is 0.191. The molecular formula is C17H18FNO. The number of benzene rings is 1. The minimum Gasteiger partial charge on any atom is -0.348 e. The average Bonchev–Trinajstić information content (AvgIpc) is 2.74. The second kappa shape index (κ2) is 5.23. The molecule has 0 aliphatic heterocycles. The SMILES string of the molecule is Cc1cc2c(n1CCc1cccc(F)c1)CCCC2=O. The predicted molar refractivity (Wildman–Crippen MR) is 76.5 cm³/mol. The first-order valence-corrected chi connectivity index (χ1v) is 7.12. The zero-order valence-electron chi connectivity index (χ0n) is 11.7. The summed E-state index contributed by atoms with van der Waals surface area (Å²) in [6.07, 6.45) is 3.36. The van der Waals surface area contributed by atoms with E-state index < -0.39 is 0 Å². The van der Waals surface area contributed by atoms with Gasteiger partial charge in [0.05, 0.1) is 0 Å². The van der Waals surface area contributed by atoms with Crippen LogP contribution >= 0.6 is 0 Å². The van der Waals surface area contributed by atoms with E-state index >= 15 is 0 Å². The third-order valence-electron chi connectivity index (χ3n) is 4.05. The number of Topliss-reactive ketones (excluding diaryl/α,β-unsaturated/α-hetero) is 1. The fourth-order valence-electron chi connectivity index (χ4n) is 3.04. The summed E-state index contributed by atoms with van der Waals surface area (Å²) in [6.45, 7) is 2.84. The summed E-state index contributed by atoms with van der Waals surface area (Å²) in [5, 5.41) is 0. The largest absolute Gasteiger partial charge is 0.348 e. The van der Waals surface area contributed by atoms with Crippen molar-refractivity contribution in [3.05, 3.63) is 58.7 Å². The van der Waals surface area contributed by atoms with Gasteiger partial charge >= 0.3 is 0 Å². The van der Waals surface area contributed by atoms with Crippen molar-refractivity contribution >= 4 is 5.78 Å². The van der Waals surface area contributed by atoms with Crippen molar-refractivity contribution in [2.75, 3.05) is 0 Å². The van der Waals surface area contributed by atoms with Gasteiger partial charge in [-0.05, 0) is 49.9 Å². The van der Waals surface area contributed by atoms with Gasteiger partial charge in [-0.1, -0.05) is 12.1 Å². The van der Waals surface area contributed by atoms with E-state index in [-0.39, 0.29) is 11.6 Å². The van der Waals surface area contributed by atoms with Gasteiger partial charge in [-0.2, -0.15) is 0 Å². The first-order chi connectivity index (χ1) is 9.65. The first-order valence-electron chi connectivity index (χ1n) is 7.12. The number of carbonyl (C=O) groups excluding carboxylic acids is 1. The number of rotatable bonds is 3. The normalized spacial score (nSPS) is 14.4. The van der Waals surface area contributed by atoms with Crippen molar-refractivity contribution in [3.8, 4) is 0 Å². The van der Waals surface area contributed by atoms with Crippen molar-refractivity contribution in [3.63, 3.8) is 0 Å². The summed E-state index contributed by atoms with van der Waals surface area (Å²) >= 11 is 0. The van der Waals surface area contributed by atoms with Crippen LogP contribution in [0.25, 0.3) is 0 Å². The van der Waals surface area contributed by atoms with Crippen LogP contribution in [0.4, 0.5) is 4.39 Å². The molecule has 0 saturated heterocycles. The number of aromatic nitrogens is 1. The van der Waals surface area contributed by atoms with Crippen molar-refractivity contribution in [1.82, 2.24) is 4.57 Å². The molecule has 1 aliphatic carbocycles. The molecule has 0 unspecified atom stereocenters. The van der Waals surface area contributed by atoms with Crippen molar-refractivity contribution in [2.45, 2.75) is 39.2 Å². The van der Waals surface area contributed by atoms with E-state index in [1.54, 1.807) is 12.1 Å². The summed E-state index contributed by atoms with van der Waals surface area (Å²) in [5.74, 6) is 0.0720. The molecule has 3 rings (SSSR count). The summed E-state index contributed by atoms with van der Waals surface area (Å²) in [5.41, 5.74) is 4.18. The molecule has 1 aromatic carbocycles. The van der Waals surface area contributed by atoms with Crippen molar-refractivity contribution in [1.29, 1.82) is 0 Å². The molecule has 0 fully saturated rings. The molecule has 1 aromatic heterocycles. The third kappa shape index (κ3) is 2.40. The number of fused-ring (bicyclic) bond motifs is 1. The molecule has 3 heteroatoms. The highest BCUT2D eigenvalue weighted by atomic mass is 19.1. The highest BCUT2D eigenvalue weighted by Crippen LogP contribution is 2.25.